The number of allylic oxidation sites excluding steroid dienone is 1. The minimum atomic E-state index is -0.928. The summed E-state index contributed by atoms with van der Waals surface area (Å²) in [6, 6.07) is 18.9. The van der Waals surface area contributed by atoms with Gasteiger partial charge in [0, 0.05) is 6.08 Å². The summed E-state index contributed by atoms with van der Waals surface area (Å²) in [5.74, 6) is -0.928. The van der Waals surface area contributed by atoms with Crippen LogP contribution in [0.1, 0.15) is 63.6 Å². The fraction of sp³-hybridized carbons (Fsp3) is 0.346. The van der Waals surface area contributed by atoms with Gasteiger partial charge in [0.05, 0.1) is 0 Å². The Bertz CT molecular complexity index is 879. The molecule has 146 valence electrons. The average Bonchev–Trinajstić information content (AvgIpc) is 2.59. The third-order valence-corrected chi connectivity index (χ3v) is 5.37. The summed E-state index contributed by atoms with van der Waals surface area (Å²) in [6.07, 6.45) is 6.24. The molecule has 0 heterocycles. The first kappa shape index (κ1) is 20.1. The lowest BCUT2D eigenvalue weighted by molar-refractivity contribution is -0.131. The second-order valence-electron chi connectivity index (χ2n) is 9.50. The lowest BCUT2D eigenvalue weighted by Crippen LogP contribution is -2.30. The zero-order chi connectivity index (χ0) is 20.4. The van der Waals surface area contributed by atoms with Gasteiger partial charge in [-0.3, -0.25) is 0 Å². The fourth-order valence-electron chi connectivity index (χ4n) is 4.92. The van der Waals surface area contributed by atoms with E-state index >= 15 is 0 Å². The summed E-state index contributed by atoms with van der Waals surface area (Å²) < 4.78 is 0. The van der Waals surface area contributed by atoms with Crippen LogP contribution in [-0.2, 0) is 4.79 Å². The van der Waals surface area contributed by atoms with Crippen LogP contribution in [0.25, 0.3) is 11.6 Å². The standard InChI is InChI=1S/C26H30O2/c1-25(2)16-22(17-26(3,4)18-25)24(20-8-6-5-7-9-20)21-13-10-19(11-14-21)12-15-23(27)28/h5-15H,16-18H2,1-4H3,(H,27,28)/b15-12+. The summed E-state index contributed by atoms with van der Waals surface area (Å²) >= 11 is 0. The fourth-order valence-corrected chi connectivity index (χ4v) is 4.92. The van der Waals surface area contributed by atoms with Crippen LogP contribution in [0.15, 0.2) is 66.2 Å². The van der Waals surface area contributed by atoms with Crippen LogP contribution in [0.2, 0.25) is 0 Å². The molecule has 2 nitrogen and oxygen atoms in total. The topological polar surface area (TPSA) is 37.3 Å². The van der Waals surface area contributed by atoms with Crippen LogP contribution in [-0.4, -0.2) is 11.1 Å². The van der Waals surface area contributed by atoms with E-state index in [4.69, 9.17) is 5.11 Å². The van der Waals surface area contributed by atoms with Gasteiger partial charge in [-0.1, -0.05) is 87.9 Å². The Morgan fingerprint density at radius 3 is 1.93 bits per heavy atom. The molecule has 2 aromatic carbocycles. The highest BCUT2D eigenvalue weighted by Gasteiger charge is 2.37. The molecule has 28 heavy (non-hydrogen) atoms. The molecule has 0 atom stereocenters. The third kappa shape index (κ3) is 5.01. The second kappa shape index (κ2) is 7.79. The molecule has 0 spiro atoms. The predicted molar refractivity (Wildman–Crippen MR) is 117 cm³/mol. The summed E-state index contributed by atoms with van der Waals surface area (Å²) in [6.45, 7) is 9.49. The van der Waals surface area contributed by atoms with E-state index in [9.17, 15) is 4.79 Å². The van der Waals surface area contributed by atoms with Crippen molar-refractivity contribution in [3.63, 3.8) is 0 Å². The van der Waals surface area contributed by atoms with Gasteiger partial charge >= 0.3 is 5.97 Å². The minimum absolute atomic E-state index is 0.279. The zero-order valence-corrected chi connectivity index (χ0v) is 17.3. The summed E-state index contributed by atoms with van der Waals surface area (Å²) in [5, 5.41) is 8.84. The van der Waals surface area contributed by atoms with E-state index < -0.39 is 5.97 Å². The van der Waals surface area contributed by atoms with Crippen LogP contribution >= 0.6 is 0 Å². The number of hydrogen-bond donors (Lipinski definition) is 1. The van der Waals surface area contributed by atoms with Gasteiger partial charge in [-0.05, 0) is 58.4 Å². The van der Waals surface area contributed by atoms with Crippen LogP contribution in [0, 0.1) is 10.8 Å². The summed E-state index contributed by atoms with van der Waals surface area (Å²) in [7, 11) is 0. The molecule has 0 bridgehead atoms. The van der Waals surface area contributed by atoms with Crippen molar-refractivity contribution in [2.24, 2.45) is 10.8 Å². The zero-order valence-electron chi connectivity index (χ0n) is 17.3. The smallest absolute Gasteiger partial charge is 0.328 e. The van der Waals surface area contributed by atoms with Crippen molar-refractivity contribution in [3.05, 3.63) is 82.9 Å². The molecule has 1 N–H and O–H groups in total. The molecule has 0 amide bonds. The van der Waals surface area contributed by atoms with Gasteiger partial charge in [0.15, 0.2) is 0 Å². The summed E-state index contributed by atoms with van der Waals surface area (Å²) in [4.78, 5) is 10.8. The largest absolute Gasteiger partial charge is 0.478 e. The van der Waals surface area contributed by atoms with Crippen molar-refractivity contribution in [2.45, 2.75) is 47.0 Å². The number of carboxylic acid groups (broad SMARTS) is 1. The molecule has 2 aromatic rings. The van der Waals surface area contributed by atoms with E-state index in [0.29, 0.717) is 0 Å². The molecular formula is C26H30O2. The molecule has 0 unspecified atom stereocenters. The van der Waals surface area contributed by atoms with E-state index in [1.807, 2.05) is 12.1 Å². The van der Waals surface area contributed by atoms with E-state index in [2.05, 4.69) is 70.2 Å². The normalized spacial score (nSPS) is 18.2. The Kier molecular flexibility index (Phi) is 5.60. The summed E-state index contributed by atoms with van der Waals surface area (Å²) in [5.41, 5.74) is 6.74. The highest BCUT2D eigenvalue weighted by molar-refractivity contribution is 5.86. The first-order valence-corrected chi connectivity index (χ1v) is 9.94. The first-order chi connectivity index (χ1) is 13.2. The van der Waals surface area contributed by atoms with Gasteiger partial charge in [-0.2, -0.15) is 0 Å². The molecule has 1 saturated carbocycles. The van der Waals surface area contributed by atoms with Gasteiger partial charge in [-0.15, -0.1) is 0 Å². The van der Waals surface area contributed by atoms with Crippen LogP contribution in [0.5, 0.6) is 0 Å². The lowest BCUT2D eigenvalue weighted by Gasteiger charge is -2.43. The number of rotatable bonds is 4. The van der Waals surface area contributed by atoms with Crippen molar-refractivity contribution < 1.29 is 9.90 Å². The number of carboxylic acids is 1. The molecule has 1 aliphatic carbocycles. The van der Waals surface area contributed by atoms with Gasteiger partial charge in [0.1, 0.15) is 0 Å². The van der Waals surface area contributed by atoms with Crippen molar-refractivity contribution in [3.8, 4) is 0 Å². The molecule has 0 aliphatic heterocycles. The van der Waals surface area contributed by atoms with E-state index in [1.54, 1.807) is 6.08 Å². The molecule has 2 heteroatoms. The van der Waals surface area contributed by atoms with Gasteiger partial charge in [0.2, 0.25) is 0 Å². The monoisotopic (exact) mass is 374 g/mol. The minimum Gasteiger partial charge on any atom is -0.478 e. The lowest BCUT2D eigenvalue weighted by atomic mass is 9.62. The Morgan fingerprint density at radius 2 is 1.39 bits per heavy atom. The molecule has 3 rings (SSSR count). The maximum absolute atomic E-state index is 10.8. The molecular weight excluding hydrogens is 344 g/mol. The van der Waals surface area contributed by atoms with Crippen molar-refractivity contribution in [2.75, 3.05) is 0 Å². The maximum Gasteiger partial charge on any atom is 0.328 e. The average molecular weight is 375 g/mol. The van der Waals surface area contributed by atoms with Crippen molar-refractivity contribution in [1.29, 1.82) is 0 Å². The Balaban J connectivity index is 2.10. The highest BCUT2D eigenvalue weighted by atomic mass is 16.4. The number of benzene rings is 2. The van der Waals surface area contributed by atoms with Gasteiger partial charge in [0.25, 0.3) is 0 Å². The highest BCUT2D eigenvalue weighted by Crippen LogP contribution is 2.50. The Labute approximate surface area is 168 Å². The predicted octanol–water partition coefficient (Wildman–Crippen LogP) is 6.82. The third-order valence-electron chi connectivity index (χ3n) is 5.37. The van der Waals surface area contributed by atoms with E-state index in [0.717, 1.165) is 18.4 Å². The van der Waals surface area contributed by atoms with Crippen molar-refractivity contribution >= 4 is 17.6 Å². The number of hydrogen-bond acceptors (Lipinski definition) is 1. The molecule has 0 radical (unpaired) electrons. The Hall–Kier alpha value is -2.61. The molecule has 1 fully saturated rings. The second-order valence-corrected chi connectivity index (χ2v) is 9.50. The first-order valence-electron chi connectivity index (χ1n) is 9.94. The molecule has 1 aliphatic rings. The van der Waals surface area contributed by atoms with E-state index in [1.165, 1.54) is 34.8 Å². The number of aliphatic carboxylic acids is 1. The number of carbonyl (C=O) groups is 1. The van der Waals surface area contributed by atoms with Crippen LogP contribution in [0.4, 0.5) is 0 Å². The van der Waals surface area contributed by atoms with Crippen LogP contribution in [0.3, 0.4) is 0 Å². The SMILES string of the molecule is CC1(C)CC(=C(c2ccccc2)c2ccc(/C=C/C(=O)O)cc2)CC(C)(C)C1. The van der Waals surface area contributed by atoms with Gasteiger partial charge < -0.3 is 5.11 Å². The molecule has 0 aromatic heterocycles. The van der Waals surface area contributed by atoms with E-state index in [-0.39, 0.29) is 10.8 Å². The Morgan fingerprint density at radius 1 is 0.857 bits per heavy atom. The maximum atomic E-state index is 10.8. The van der Waals surface area contributed by atoms with Gasteiger partial charge in [-0.25, -0.2) is 4.79 Å². The quantitative estimate of drug-likeness (QED) is 0.596. The molecule has 0 saturated heterocycles. The van der Waals surface area contributed by atoms with Crippen LogP contribution < -0.4 is 0 Å². The van der Waals surface area contributed by atoms with Crippen molar-refractivity contribution in [1.82, 2.24) is 0 Å².